The van der Waals surface area contributed by atoms with Gasteiger partial charge < -0.3 is 0 Å². The van der Waals surface area contributed by atoms with Crippen molar-refractivity contribution < 1.29 is 4.39 Å². The highest BCUT2D eigenvalue weighted by Crippen LogP contribution is 2.56. The van der Waals surface area contributed by atoms with E-state index in [0.717, 1.165) is 28.2 Å². The molecule has 0 unspecified atom stereocenters. The highest BCUT2D eigenvalue weighted by molar-refractivity contribution is 9.10. The quantitative estimate of drug-likeness (QED) is 0.786. The topological polar surface area (TPSA) is 17.8 Å². The lowest BCUT2D eigenvalue weighted by atomic mass is 10.1. The van der Waals surface area contributed by atoms with Crippen molar-refractivity contribution in [3.8, 4) is 11.3 Å². The predicted octanol–water partition coefficient (Wildman–Crippen LogP) is 3.57. The predicted molar refractivity (Wildman–Crippen MR) is 66.2 cm³/mol. The van der Waals surface area contributed by atoms with Crippen LogP contribution in [0.5, 0.6) is 0 Å². The molecular formula is C13H10BrFN2. The Balaban J connectivity index is 1.85. The van der Waals surface area contributed by atoms with Crippen LogP contribution >= 0.6 is 15.9 Å². The van der Waals surface area contributed by atoms with Gasteiger partial charge >= 0.3 is 0 Å². The van der Waals surface area contributed by atoms with E-state index in [-0.39, 0.29) is 5.82 Å². The van der Waals surface area contributed by atoms with Gasteiger partial charge in [-0.05, 0) is 52.5 Å². The Morgan fingerprint density at radius 3 is 2.76 bits per heavy atom. The minimum Gasteiger partial charge on any atom is -0.267 e. The molecule has 1 aromatic carbocycles. The monoisotopic (exact) mass is 292 g/mol. The van der Waals surface area contributed by atoms with Gasteiger partial charge in [0.05, 0.1) is 10.2 Å². The SMILES string of the molecule is Fc1ccc(-c2nn3c(c2Br)[C@H]2C[C@H]2C3)cc1. The number of rotatable bonds is 1. The smallest absolute Gasteiger partial charge is 0.123 e. The first-order valence-electron chi connectivity index (χ1n) is 5.76. The van der Waals surface area contributed by atoms with Gasteiger partial charge in [0.15, 0.2) is 0 Å². The molecular weight excluding hydrogens is 283 g/mol. The van der Waals surface area contributed by atoms with Gasteiger partial charge in [0, 0.05) is 18.0 Å². The second-order valence-corrected chi connectivity index (χ2v) is 5.63. The molecule has 1 saturated carbocycles. The number of hydrogen-bond acceptors (Lipinski definition) is 1. The highest BCUT2D eigenvalue weighted by Gasteiger charge is 2.48. The standard InChI is InChI=1S/C13H10BrFN2/c14-11-12(7-1-3-9(15)4-2-7)16-17-6-8-5-10(8)13(11)17/h1-4,8,10H,5-6H2/t8-,10-/m0/s1. The Morgan fingerprint density at radius 1 is 1.29 bits per heavy atom. The summed E-state index contributed by atoms with van der Waals surface area (Å²) in [7, 11) is 0. The lowest BCUT2D eigenvalue weighted by molar-refractivity contribution is 0.598. The molecule has 0 spiro atoms. The van der Waals surface area contributed by atoms with Crippen LogP contribution in [0.15, 0.2) is 28.7 Å². The Hall–Kier alpha value is -1.16. The van der Waals surface area contributed by atoms with E-state index in [1.165, 1.54) is 24.2 Å². The van der Waals surface area contributed by atoms with Crippen LogP contribution in [0, 0.1) is 11.7 Å². The van der Waals surface area contributed by atoms with Gasteiger partial charge in [0.1, 0.15) is 11.5 Å². The van der Waals surface area contributed by atoms with Crippen molar-refractivity contribution in [1.82, 2.24) is 9.78 Å². The van der Waals surface area contributed by atoms with Crippen molar-refractivity contribution in [2.75, 3.05) is 0 Å². The maximum Gasteiger partial charge on any atom is 0.123 e. The van der Waals surface area contributed by atoms with Crippen LogP contribution in [-0.2, 0) is 6.54 Å². The number of aromatic nitrogens is 2. The molecule has 4 rings (SSSR count). The molecule has 0 amide bonds. The summed E-state index contributed by atoms with van der Waals surface area (Å²) >= 11 is 3.65. The molecule has 1 aliphatic carbocycles. The summed E-state index contributed by atoms with van der Waals surface area (Å²) in [5.74, 6) is 1.31. The Bertz CT molecular complexity index is 603. The number of benzene rings is 1. The van der Waals surface area contributed by atoms with E-state index in [4.69, 9.17) is 0 Å². The lowest BCUT2D eigenvalue weighted by Crippen LogP contribution is -1.98. The Kier molecular flexibility index (Phi) is 1.85. The molecule has 86 valence electrons. The number of hydrogen-bond donors (Lipinski definition) is 0. The Labute approximate surface area is 107 Å². The Morgan fingerprint density at radius 2 is 2.06 bits per heavy atom. The van der Waals surface area contributed by atoms with E-state index < -0.39 is 0 Å². The van der Waals surface area contributed by atoms with Gasteiger partial charge in [-0.1, -0.05) is 0 Å². The summed E-state index contributed by atoms with van der Waals surface area (Å²) in [6, 6.07) is 6.52. The fourth-order valence-electron chi connectivity index (χ4n) is 2.75. The van der Waals surface area contributed by atoms with E-state index in [2.05, 4.69) is 25.7 Å². The molecule has 0 radical (unpaired) electrons. The molecule has 17 heavy (non-hydrogen) atoms. The van der Waals surface area contributed by atoms with Crippen LogP contribution in [-0.4, -0.2) is 9.78 Å². The molecule has 1 aliphatic heterocycles. The van der Waals surface area contributed by atoms with Crippen molar-refractivity contribution in [2.45, 2.75) is 18.9 Å². The molecule has 2 heterocycles. The zero-order valence-corrected chi connectivity index (χ0v) is 10.6. The van der Waals surface area contributed by atoms with Crippen molar-refractivity contribution in [3.05, 3.63) is 40.2 Å². The van der Waals surface area contributed by atoms with Gasteiger partial charge in [-0.2, -0.15) is 5.10 Å². The van der Waals surface area contributed by atoms with Crippen LogP contribution in [0.3, 0.4) is 0 Å². The molecule has 1 fully saturated rings. The zero-order valence-electron chi connectivity index (χ0n) is 9.03. The van der Waals surface area contributed by atoms with Crippen LogP contribution < -0.4 is 0 Å². The number of halogens is 2. The van der Waals surface area contributed by atoms with Crippen molar-refractivity contribution in [1.29, 1.82) is 0 Å². The van der Waals surface area contributed by atoms with Crippen molar-refractivity contribution in [2.24, 2.45) is 5.92 Å². The second kappa shape index (κ2) is 3.19. The van der Waals surface area contributed by atoms with Crippen LogP contribution in [0.1, 0.15) is 18.0 Å². The van der Waals surface area contributed by atoms with E-state index in [1.54, 1.807) is 12.1 Å². The molecule has 2 atom stereocenters. The molecule has 1 aromatic heterocycles. The number of nitrogens with zero attached hydrogens (tertiary/aromatic N) is 2. The minimum absolute atomic E-state index is 0.209. The van der Waals surface area contributed by atoms with E-state index in [1.807, 2.05) is 0 Å². The first-order chi connectivity index (χ1) is 8.24. The second-order valence-electron chi connectivity index (χ2n) is 4.84. The third kappa shape index (κ3) is 1.33. The summed E-state index contributed by atoms with van der Waals surface area (Å²) in [4.78, 5) is 0. The lowest BCUT2D eigenvalue weighted by Gasteiger charge is -1.98. The van der Waals surface area contributed by atoms with E-state index in [9.17, 15) is 4.39 Å². The summed E-state index contributed by atoms with van der Waals surface area (Å²) < 4.78 is 16.1. The molecule has 0 N–H and O–H groups in total. The van der Waals surface area contributed by atoms with Gasteiger partial charge in [-0.15, -0.1) is 0 Å². The summed E-state index contributed by atoms with van der Waals surface area (Å²) in [5, 5.41) is 4.62. The fourth-order valence-corrected chi connectivity index (χ4v) is 3.55. The third-order valence-corrected chi connectivity index (χ3v) is 4.51. The third-order valence-electron chi connectivity index (χ3n) is 3.73. The van der Waals surface area contributed by atoms with Gasteiger partial charge in [0.2, 0.25) is 0 Å². The summed E-state index contributed by atoms with van der Waals surface area (Å²) in [6.45, 7) is 1.04. The normalized spacial score (nSPS) is 24.6. The minimum atomic E-state index is -0.209. The molecule has 4 heteroatoms. The van der Waals surface area contributed by atoms with Gasteiger partial charge in [0.25, 0.3) is 0 Å². The average molecular weight is 293 g/mol. The molecule has 2 aromatic rings. The van der Waals surface area contributed by atoms with Crippen molar-refractivity contribution >= 4 is 15.9 Å². The highest BCUT2D eigenvalue weighted by atomic mass is 79.9. The van der Waals surface area contributed by atoms with Gasteiger partial charge in [-0.25, -0.2) is 4.39 Å². The van der Waals surface area contributed by atoms with E-state index >= 15 is 0 Å². The maximum absolute atomic E-state index is 12.9. The first kappa shape index (κ1) is 9.83. The molecule has 0 saturated heterocycles. The van der Waals surface area contributed by atoms with Crippen LogP contribution in [0.4, 0.5) is 4.39 Å². The maximum atomic E-state index is 12.9. The number of fused-ring (bicyclic) bond motifs is 3. The molecule has 2 nitrogen and oxygen atoms in total. The van der Waals surface area contributed by atoms with E-state index in [0.29, 0.717) is 5.92 Å². The summed E-state index contributed by atoms with van der Waals surface area (Å²) in [5.41, 5.74) is 3.23. The first-order valence-corrected chi connectivity index (χ1v) is 6.55. The largest absolute Gasteiger partial charge is 0.267 e. The van der Waals surface area contributed by atoms with Crippen molar-refractivity contribution in [3.63, 3.8) is 0 Å². The van der Waals surface area contributed by atoms with Crippen LogP contribution in [0.2, 0.25) is 0 Å². The van der Waals surface area contributed by atoms with Gasteiger partial charge in [-0.3, -0.25) is 4.68 Å². The summed E-state index contributed by atoms with van der Waals surface area (Å²) in [6.07, 6.45) is 1.30. The fraction of sp³-hybridized carbons (Fsp3) is 0.308. The average Bonchev–Trinajstić information content (AvgIpc) is 2.86. The molecule has 0 bridgehead atoms. The molecule has 2 aliphatic rings. The van der Waals surface area contributed by atoms with Crippen LogP contribution in [0.25, 0.3) is 11.3 Å². The zero-order chi connectivity index (χ0) is 11.6.